The number of carboxylic acids is 1. The van der Waals surface area contributed by atoms with Gasteiger partial charge in [-0.15, -0.1) is 0 Å². The molecule has 2 amide bonds. The van der Waals surface area contributed by atoms with Crippen molar-refractivity contribution < 1.29 is 24.6 Å². The van der Waals surface area contributed by atoms with Crippen LogP contribution in [0.1, 0.15) is 20.3 Å². The molecular weight excluding hydrogens is 296 g/mol. The number of fused-ring (bicyclic) bond motifs is 1. The van der Waals surface area contributed by atoms with Crippen LogP contribution in [0.2, 0.25) is 0 Å². The van der Waals surface area contributed by atoms with E-state index in [9.17, 15) is 24.6 Å². The summed E-state index contributed by atoms with van der Waals surface area (Å²) in [5.41, 5.74) is -0.0284. The number of thioether (sulfide) groups is 1. The summed E-state index contributed by atoms with van der Waals surface area (Å²) in [4.78, 5) is 35.8. The Kier molecular flexibility index (Phi) is 4.38. The molecule has 3 atom stereocenters. The summed E-state index contributed by atoms with van der Waals surface area (Å²) in [5, 5.41) is 22.9. The third-order valence-corrected chi connectivity index (χ3v) is 4.37. The van der Waals surface area contributed by atoms with Gasteiger partial charge in [-0.2, -0.15) is 0 Å². The number of rotatable bonds is 5. The van der Waals surface area contributed by atoms with Crippen molar-refractivity contribution >= 4 is 29.5 Å². The first kappa shape index (κ1) is 15.6. The zero-order valence-corrected chi connectivity index (χ0v) is 12.4. The highest BCUT2D eigenvalue weighted by Gasteiger charge is 2.56. The third-order valence-electron chi connectivity index (χ3n) is 3.46. The van der Waals surface area contributed by atoms with Crippen molar-refractivity contribution in [3.05, 3.63) is 22.2 Å². The van der Waals surface area contributed by atoms with E-state index in [4.69, 9.17) is 0 Å². The van der Waals surface area contributed by atoms with Crippen molar-refractivity contribution in [3.63, 3.8) is 0 Å². The Labute approximate surface area is 125 Å². The molecule has 0 unspecified atom stereocenters. The topological polar surface area (TPSA) is 107 Å². The minimum absolute atomic E-state index is 0.0284. The van der Waals surface area contributed by atoms with Crippen molar-refractivity contribution in [2.24, 2.45) is 5.92 Å². The fraction of sp³-hybridized carbons (Fsp3) is 0.462. The molecule has 0 radical (unpaired) electrons. The number of carbonyl (C=O) groups is 3. The lowest BCUT2D eigenvalue weighted by atomic mass is 9.83. The lowest BCUT2D eigenvalue weighted by Gasteiger charge is -2.44. The lowest BCUT2D eigenvalue weighted by molar-refractivity contribution is -0.161. The van der Waals surface area contributed by atoms with Crippen LogP contribution < -0.4 is 5.32 Å². The van der Waals surface area contributed by atoms with Gasteiger partial charge in [0.25, 0.3) is 0 Å². The van der Waals surface area contributed by atoms with Gasteiger partial charge in [-0.3, -0.25) is 9.59 Å². The summed E-state index contributed by atoms with van der Waals surface area (Å²) >= 11 is 1.15. The highest BCUT2D eigenvalue weighted by Crippen LogP contribution is 2.47. The molecule has 0 saturated carbocycles. The van der Waals surface area contributed by atoms with Crippen LogP contribution in [0.15, 0.2) is 22.2 Å². The number of aliphatic hydroxyl groups is 1. The standard InChI is InChI=1S/C13H16N2O5S/c1-6(16)10-8-5-9(21-4-3-14-7(2)17)11(13(19)20)15(8)12(10)18/h3-4,6,8,10,16H,5H2,1-2H3,(H,14,17)(H,19,20)/b4-3-/t6-,8-,10-/m1/s1. The monoisotopic (exact) mass is 312 g/mol. The molecule has 0 bridgehead atoms. The van der Waals surface area contributed by atoms with E-state index in [-0.39, 0.29) is 23.6 Å². The first-order chi connectivity index (χ1) is 9.84. The first-order valence-electron chi connectivity index (χ1n) is 6.41. The van der Waals surface area contributed by atoms with Crippen LogP contribution in [0.4, 0.5) is 0 Å². The number of β-lactam (4-membered cyclic amide) rings is 1. The highest BCUT2D eigenvalue weighted by molar-refractivity contribution is 8.05. The van der Waals surface area contributed by atoms with Gasteiger partial charge in [0.2, 0.25) is 11.8 Å². The Balaban J connectivity index is 2.13. The molecule has 7 nitrogen and oxygen atoms in total. The number of hydrogen-bond acceptors (Lipinski definition) is 5. The van der Waals surface area contributed by atoms with Gasteiger partial charge in [-0.05, 0) is 12.3 Å². The minimum Gasteiger partial charge on any atom is -0.477 e. The van der Waals surface area contributed by atoms with Gasteiger partial charge in [0.05, 0.1) is 18.1 Å². The van der Waals surface area contributed by atoms with Crippen molar-refractivity contribution in [1.82, 2.24) is 10.2 Å². The number of carbonyl (C=O) groups excluding carboxylic acids is 2. The maximum Gasteiger partial charge on any atom is 0.353 e. The summed E-state index contributed by atoms with van der Waals surface area (Å²) in [7, 11) is 0. The molecule has 114 valence electrons. The molecule has 0 aromatic heterocycles. The molecule has 0 aliphatic carbocycles. The SMILES string of the molecule is CC(=O)N/C=C\SC1=C(C(=O)O)N2C(=O)[C@H]([C@@H](C)O)[C@H]2C1. The summed E-state index contributed by atoms with van der Waals surface area (Å²) in [6.45, 7) is 2.90. The van der Waals surface area contributed by atoms with Crippen molar-refractivity contribution in [3.8, 4) is 0 Å². The van der Waals surface area contributed by atoms with E-state index in [1.165, 1.54) is 24.9 Å². The van der Waals surface area contributed by atoms with E-state index in [1.807, 2.05) is 0 Å². The second-order valence-electron chi connectivity index (χ2n) is 4.94. The molecule has 0 aromatic carbocycles. The largest absolute Gasteiger partial charge is 0.477 e. The summed E-state index contributed by atoms with van der Waals surface area (Å²) in [6.07, 6.45) is 1.02. The Bertz CT molecular complexity index is 555. The maximum absolute atomic E-state index is 11.9. The molecule has 3 N–H and O–H groups in total. The van der Waals surface area contributed by atoms with Crippen LogP contribution in [-0.4, -0.2) is 45.0 Å². The van der Waals surface area contributed by atoms with Gasteiger partial charge >= 0.3 is 5.97 Å². The number of amides is 2. The zero-order valence-electron chi connectivity index (χ0n) is 11.6. The molecule has 2 aliphatic heterocycles. The summed E-state index contributed by atoms with van der Waals surface area (Å²) in [5.74, 6) is -2.28. The molecular formula is C13H16N2O5S. The predicted molar refractivity (Wildman–Crippen MR) is 75.6 cm³/mol. The van der Waals surface area contributed by atoms with Crippen molar-refractivity contribution in [2.75, 3.05) is 0 Å². The van der Waals surface area contributed by atoms with E-state index in [2.05, 4.69) is 5.32 Å². The fourth-order valence-corrected chi connectivity index (χ4v) is 3.47. The van der Waals surface area contributed by atoms with E-state index >= 15 is 0 Å². The number of nitrogens with zero attached hydrogens (tertiary/aromatic N) is 1. The van der Waals surface area contributed by atoms with E-state index in [1.54, 1.807) is 5.41 Å². The Morgan fingerprint density at radius 2 is 2.19 bits per heavy atom. The number of aliphatic carboxylic acids is 1. The van der Waals surface area contributed by atoms with Gasteiger partial charge in [-0.1, -0.05) is 11.8 Å². The zero-order chi connectivity index (χ0) is 15.7. The number of carboxylic acid groups (broad SMARTS) is 1. The van der Waals surface area contributed by atoms with Crippen molar-refractivity contribution in [2.45, 2.75) is 32.4 Å². The molecule has 21 heavy (non-hydrogen) atoms. The summed E-state index contributed by atoms with van der Waals surface area (Å²) in [6, 6.07) is -0.291. The third kappa shape index (κ3) is 2.81. The predicted octanol–water partition coefficient (Wildman–Crippen LogP) is 0.235. The van der Waals surface area contributed by atoms with Gasteiger partial charge in [0.1, 0.15) is 5.70 Å². The minimum atomic E-state index is -1.16. The number of nitrogens with one attached hydrogen (secondary N) is 1. The number of hydrogen-bond donors (Lipinski definition) is 3. The quantitative estimate of drug-likeness (QED) is 0.628. The first-order valence-corrected chi connectivity index (χ1v) is 7.29. The van der Waals surface area contributed by atoms with Crippen LogP contribution in [0.3, 0.4) is 0 Å². The average molecular weight is 312 g/mol. The molecule has 1 fully saturated rings. The molecule has 2 heterocycles. The Hall–Kier alpha value is -1.80. The van der Waals surface area contributed by atoms with Crippen LogP contribution in [0, 0.1) is 5.92 Å². The smallest absolute Gasteiger partial charge is 0.353 e. The van der Waals surface area contributed by atoms with Crippen LogP contribution in [0.5, 0.6) is 0 Å². The van der Waals surface area contributed by atoms with Crippen molar-refractivity contribution in [1.29, 1.82) is 0 Å². The summed E-state index contributed by atoms with van der Waals surface area (Å²) < 4.78 is 0. The molecule has 0 spiro atoms. The molecule has 1 saturated heterocycles. The Morgan fingerprint density at radius 1 is 1.52 bits per heavy atom. The molecule has 2 rings (SSSR count). The second-order valence-corrected chi connectivity index (χ2v) is 5.94. The fourth-order valence-electron chi connectivity index (χ4n) is 2.60. The highest BCUT2D eigenvalue weighted by atomic mass is 32.2. The van der Waals surface area contributed by atoms with Crippen LogP contribution in [-0.2, 0) is 14.4 Å². The Morgan fingerprint density at radius 3 is 2.71 bits per heavy atom. The molecule has 8 heteroatoms. The number of aliphatic hydroxyl groups excluding tert-OH is 1. The molecule has 0 aromatic rings. The van der Waals surface area contributed by atoms with E-state index in [0.717, 1.165) is 11.8 Å². The average Bonchev–Trinajstić information content (AvgIpc) is 2.68. The molecule has 2 aliphatic rings. The lowest BCUT2D eigenvalue weighted by Crippen LogP contribution is -2.61. The van der Waals surface area contributed by atoms with Gasteiger partial charge in [0, 0.05) is 24.4 Å². The van der Waals surface area contributed by atoms with Crippen LogP contribution >= 0.6 is 11.8 Å². The second kappa shape index (κ2) is 5.90. The van der Waals surface area contributed by atoms with Gasteiger partial charge in [0.15, 0.2) is 0 Å². The maximum atomic E-state index is 11.9. The van der Waals surface area contributed by atoms with Gasteiger partial charge < -0.3 is 20.4 Å². The van der Waals surface area contributed by atoms with E-state index < -0.39 is 18.0 Å². The van der Waals surface area contributed by atoms with Crippen LogP contribution in [0.25, 0.3) is 0 Å². The normalized spacial score (nSPS) is 25.9. The van der Waals surface area contributed by atoms with E-state index in [0.29, 0.717) is 11.3 Å². The van der Waals surface area contributed by atoms with Gasteiger partial charge in [-0.25, -0.2) is 4.79 Å².